The number of rotatable bonds is 6. The number of hydrogen-bond acceptors (Lipinski definition) is 3. The first-order valence-electron chi connectivity index (χ1n) is 10.1. The predicted octanol–water partition coefficient (Wildman–Crippen LogP) is 5.79. The Kier molecular flexibility index (Phi) is 4.98. The molecule has 0 unspecified atom stereocenters. The number of fused-ring (bicyclic) bond motifs is 1. The molecule has 3 aliphatic rings. The molecule has 3 nitrogen and oxygen atoms in total. The molecule has 27 heavy (non-hydrogen) atoms. The summed E-state index contributed by atoms with van der Waals surface area (Å²) in [5, 5.41) is 0. The molecule has 1 aromatic rings. The largest absolute Gasteiger partial charge is 0.490 e. The Hall–Kier alpha value is -2.23. The van der Waals surface area contributed by atoms with E-state index in [2.05, 4.69) is 11.9 Å². The molecule has 142 valence electrons. The summed E-state index contributed by atoms with van der Waals surface area (Å²) < 4.78 is 20.9. The maximum absolute atomic E-state index is 15.0. The van der Waals surface area contributed by atoms with E-state index in [1.54, 1.807) is 6.07 Å². The highest BCUT2D eigenvalue weighted by Crippen LogP contribution is 2.43. The van der Waals surface area contributed by atoms with Crippen molar-refractivity contribution in [1.82, 2.24) is 0 Å². The van der Waals surface area contributed by atoms with Crippen LogP contribution in [0.5, 0.6) is 5.75 Å². The number of Topliss-reactive ketones (excluding diaryl/α,β-unsaturated/α-hetero) is 1. The van der Waals surface area contributed by atoms with E-state index in [1.165, 1.54) is 18.9 Å². The Morgan fingerprint density at radius 3 is 2.70 bits per heavy atom. The van der Waals surface area contributed by atoms with E-state index in [4.69, 9.17) is 4.74 Å². The number of carbonyl (C=O) groups is 1. The van der Waals surface area contributed by atoms with Gasteiger partial charge in [0.25, 0.3) is 0 Å². The Labute approximate surface area is 160 Å². The molecule has 2 aliphatic carbocycles. The van der Waals surface area contributed by atoms with Crippen molar-refractivity contribution in [1.29, 1.82) is 0 Å². The van der Waals surface area contributed by atoms with E-state index in [-0.39, 0.29) is 17.7 Å². The minimum Gasteiger partial charge on any atom is -0.490 e. The van der Waals surface area contributed by atoms with Gasteiger partial charge in [0.2, 0.25) is 0 Å². The van der Waals surface area contributed by atoms with Gasteiger partial charge in [0.05, 0.1) is 6.10 Å². The lowest BCUT2D eigenvalue weighted by Gasteiger charge is -2.15. The molecule has 4 heteroatoms. The average molecular weight is 367 g/mol. The molecular weight excluding hydrogens is 341 g/mol. The topological polar surface area (TPSA) is 38.7 Å². The van der Waals surface area contributed by atoms with Gasteiger partial charge in [-0.2, -0.15) is 0 Å². The Balaban J connectivity index is 1.65. The van der Waals surface area contributed by atoms with Crippen molar-refractivity contribution in [2.75, 3.05) is 0 Å². The Morgan fingerprint density at radius 2 is 2.00 bits per heavy atom. The number of benzene rings is 1. The molecule has 0 radical (unpaired) electrons. The highest BCUT2D eigenvalue weighted by molar-refractivity contribution is 6.54. The first-order valence-corrected chi connectivity index (χ1v) is 10.1. The zero-order valence-corrected chi connectivity index (χ0v) is 16.1. The fourth-order valence-electron chi connectivity index (χ4n) is 4.39. The second-order valence-electron chi connectivity index (χ2n) is 7.77. The van der Waals surface area contributed by atoms with E-state index >= 15 is 4.39 Å². The molecule has 0 N–H and O–H groups in total. The summed E-state index contributed by atoms with van der Waals surface area (Å²) in [6.45, 7) is 4.00. The van der Waals surface area contributed by atoms with Crippen LogP contribution < -0.4 is 4.74 Å². The van der Waals surface area contributed by atoms with Crippen molar-refractivity contribution >= 4 is 17.1 Å². The van der Waals surface area contributed by atoms with Crippen LogP contribution >= 0.6 is 0 Å². The Bertz CT molecular complexity index is 872. The summed E-state index contributed by atoms with van der Waals surface area (Å²) in [4.78, 5) is 16.9. The minimum atomic E-state index is -0.307. The van der Waals surface area contributed by atoms with E-state index in [0.29, 0.717) is 23.4 Å². The van der Waals surface area contributed by atoms with Crippen LogP contribution in [0.25, 0.3) is 5.57 Å². The van der Waals surface area contributed by atoms with Gasteiger partial charge in [-0.05, 0) is 57.6 Å². The quantitative estimate of drug-likeness (QED) is 0.638. The van der Waals surface area contributed by atoms with Gasteiger partial charge >= 0.3 is 0 Å². The van der Waals surface area contributed by atoms with Crippen LogP contribution in [0.2, 0.25) is 0 Å². The standard InChI is InChI=1S/C23H26FNO2/c1-3-4-7-15-12-20(26)23-22(15)21(14(2)25-23)18-11-10-17(13-19(18)24)27-16-8-5-6-9-16/h10-11,13,16H,3-9,12H2,1-2H3. The molecular formula is C23H26FNO2. The van der Waals surface area contributed by atoms with Crippen molar-refractivity contribution in [3.05, 3.63) is 46.4 Å². The fourth-order valence-corrected chi connectivity index (χ4v) is 4.39. The van der Waals surface area contributed by atoms with Crippen molar-refractivity contribution in [3.63, 3.8) is 0 Å². The van der Waals surface area contributed by atoms with Crippen molar-refractivity contribution in [2.24, 2.45) is 4.99 Å². The summed E-state index contributed by atoms with van der Waals surface area (Å²) in [6, 6.07) is 5.11. The maximum atomic E-state index is 15.0. The summed E-state index contributed by atoms with van der Waals surface area (Å²) >= 11 is 0. The Morgan fingerprint density at radius 1 is 1.22 bits per heavy atom. The summed E-state index contributed by atoms with van der Waals surface area (Å²) in [5.74, 6) is 0.341. The summed E-state index contributed by atoms with van der Waals surface area (Å²) in [5.41, 5.74) is 4.55. The smallest absolute Gasteiger partial charge is 0.185 e. The van der Waals surface area contributed by atoms with E-state index in [9.17, 15) is 4.79 Å². The van der Waals surface area contributed by atoms with Gasteiger partial charge < -0.3 is 4.74 Å². The molecule has 4 rings (SSSR count). The number of aliphatic imine (C=N–C) groups is 1. The highest BCUT2D eigenvalue weighted by atomic mass is 19.1. The lowest BCUT2D eigenvalue weighted by atomic mass is 9.92. The molecule has 0 atom stereocenters. The van der Waals surface area contributed by atoms with Gasteiger partial charge in [0.15, 0.2) is 5.78 Å². The fraction of sp³-hybridized carbons (Fsp3) is 0.478. The number of hydrogen-bond donors (Lipinski definition) is 0. The molecule has 1 aromatic carbocycles. The van der Waals surface area contributed by atoms with Gasteiger partial charge in [0, 0.05) is 34.9 Å². The molecule has 0 saturated heterocycles. The molecule has 1 aliphatic heterocycles. The number of carbonyl (C=O) groups excluding carboxylic acids is 1. The monoisotopic (exact) mass is 367 g/mol. The molecule has 1 heterocycles. The van der Waals surface area contributed by atoms with Crippen LogP contribution in [-0.2, 0) is 4.79 Å². The van der Waals surface area contributed by atoms with Crippen molar-refractivity contribution in [2.45, 2.75) is 71.3 Å². The van der Waals surface area contributed by atoms with Gasteiger partial charge in [-0.25, -0.2) is 9.38 Å². The number of unbranched alkanes of at least 4 members (excludes halogenated alkanes) is 1. The van der Waals surface area contributed by atoms with Crippen LogP contribution in [0.15, 0.2) is 40.0 Å². The third-order valence-electron chi connectivity index (χ3n) is 5.77. The third-order valence-corrected chi connectivity index (χ3v) is 5.77. The number of nitrogens with zero attached hydrogens (tertiary/aromatic N) is 1. The van der Waals surface area contributed by atoms with Crippen molar-refractivity contribution in [3.8, 4) is 5.75 Å². The lowest BCUT2D eigenvalue weighted by molar-refractivity contribution is -0.112. The average Bonchev–Trinajstić information content (AvgIpc) is 3.33. The molecule has 1 saturated carbocycles. The molecule has 0 spiro atoms. The van der Waals surface area contributed by atoms with Gasteiger partial charge in [0.1, 0.15) is 17.3 Å². The molecule has 0 amide bonds. The second-order valence-corrected chi connectivity index (χ2v) is 7.77. The van der Waals surface area contributed by atoms with Gasteiger partial charge in [-0.15, -0.1) is 0 Å². The number of ether oxygens (including phenoxy) is 1. The minimum absolute atomic E-state index is 0.0621. The summed E-state index contributed by atoms with van der Waals surface area (Å²) in [7, 11) is 0. The SMILES string of the molecule is CCCCC1=C2C(=NC(C)=C2c2ccc(OC3CCCC3)cc2F)C(=O)C1. The zero-order chi connectivity index (χ0) is 19.0. The van der Waals surface area contributed by atoms with Gasteiger partial charge in [-0.1, -0.05) is 18.9 Å². The van der Waals surface area contributed by atoms with Crippen LogP contribution in [0.3, 0.4) is 0 Å². The van der Waals surface area contributed by atoms with Crippen molar-refractivity contribution < 1.29 is 13.9 Å². The first-order chi connectivity index (χ1) is 13.1. The lowest BCUT2D eigenvalue weighted by Crippen LogP contribution is -2.11. The molecule has 0 bridgehead atoms. The third kappa shape index (κ3) is 3.38. The molecule has 0 aromatic heterocycles. The number of halogens is 1. The number of ketones is 1. The first kappa shape index (κ1) is 18.1. The van der Waals surface area contributed by atoms with E-state index in [1.807, 2.05) is 13.0 Å². The number of allylic oxidation sites excluding steroid dienone is 4. The van der Waals surface area contributed by atoms with E-state index in [0.717, 1.165) is 54.5 Å². The van der Waals surface area contributed by atoms with Crippen LogP contribution in [0.1, 0.15) is 70.8 Å². The second kappa shape index (κ2) is 7.41. The zero-order valence-electron chi connectivity index (χ0n) is 16.1. The van der Waals surface area contributed by atoms with Crippen LogP contribution in [-0.4, -0.2) is 17.6 Å². The van der Waals surface area contributed by atoms with Crippen LogP contribution in [0.4, 0.5) is 4.39 Å². The normalized spacial score (nSPS) is 20.0. The van der Waals surface area contributed by atoms with E-state index < -0.39 is 0 Å². The van der Waals surface area contributed by atoms with Gasteiger partial charge in [-0.3, -0.25) is 4.79 Å². The maximum Gasteiger partial charge on any atom is 0.185 e. The summed E-state index contributed by atoms with van der Waals surface area (Å²) in [6.07, 6.45) is 8.04. The predicted molar refractivity (Wildman–Crippen MR) is 105 cm³/mol. The van der Waals surface area contributed by atoms with Crippen LogP contribution in [0, 0.1) is 5.82 Å². The highest BCUT2D eigenvalue weighted by Gasteiger charge is 2.36. The molecule has 1 fully saturated rings.